The van der Waals surface area contributed by atoms with Crippen LogP contribution in [0.15, 0.2) is 12.1 Å². The van der Waals surface area contributed by atoms with Crippen LogP contribution in [0.3, 0.4) is 0 Å². The number of hydrogen-bond donors (Lipinski definition) is 1. The number of benzene rings is 1. The Hall–Kier alpha value is -2.19. The Balaban J connectivity index is 1.48. The summed E-state index contributed by atoms with van der Waals surface area (Å²) in [6.07, 6.45) is 3.97. The van der Waals surface area contributed by atoms with Crippen molar-refractivity contribution in [1.82, 2.24) is 15.1 Å². The maximum absolute atomic E-state index is 12.3. The molecule has 0 unspecified atom stereocenters. The van der Waals surface area contributed by atoms with Gasteiger partial charge in [-0.05, 0) is 90.2 Å². The molecule has 1 aromatic heterocycles. The summed E-state index contributed by atoms with van der Waals surface area (Å²) in [7, 11) is 0. The minimum Gasteiger partial charge on any atom is -0.492 e. The summed E-state index contributed by atoms with van der Waals surface area (Å²) in [6, 6.07) is 4.26. The summed E-state index contributed by atoms with van der Waals surface area (Å²) in [5.74, 6) is 0.892. The maximum atomic E-state index is 12.3. The van der Waals surface area contributed by atoms with E-state index in [0.29, 0.717) is 6.61 Å². The second kappa shape index (κ2) is 12.0. The molecule has 0 amide bonds. The summed E-state index contributed by atoms with van der Waals surface area (Å²) in [5.41, 5.74) is 2.87. The number of likely N-dealkylation sites (tertiary alicyclic amines) is 1. The number of carbonyl (C=O) groups is 1. The highest BCUT2D eigenvalue weighted by Gasteiger charge is 2.29. The summed E-state index contributed by atoms with van der Waals surface area (Å²) in [5, 5.41) is 13.8. The van der Waals surface area contributed by atoms with Crippen molar-refractivity contribution in [2.24, 2.45) is 5.92 Å². The van der Waals surface area contributed by atoms with Gasteiger partial charge in [-0.25, -0.2) is 0 Å². The van der Waals surface area contributed by atoms with Crippen molar-refractivity contribution in [3.05, 3.63) is 23.3 Å². The van der Waals surface area contributed by atoms with Crippen LogP contribution in [-0.2, 0) is 9.53 Å². The fourth-order valence-electron chi connectivity index (χ4n) is 4.14. The molecule has 1 N–H and O–H groups in total. The number of nitrogens with zero attached hydrogens (tertiary/aromatic N) is 3. The van der Waals surface area contributed by atoms with Gasteiger partial charge in [-0.1, -0.05) is 24.7 Å². The molecule has 1 aliphatic heterocycles. The predicted molar refractivity (Wildman–Crippen MR) is 139 cm³/mol. The molecule has 0 bridgehead atoms. The van der Waals surface area contributed by atoms with Gasteiger partial charge >= 0.3 is 5.97 Å². The molecule has 1 aromatic carbocycles. The van der Waals surface area contributed by atoms with E-state index in [2.05, 4.69) is 53.3 Å². The van der Waals surface area contributed by atoms with Crippen LogP contribution in [0.2, 0.25) is 0 Å². The maximum Gasteiger partial charge on any atom is 0.309 e. The monoisotopic (exact) mass is 488 g/mol. The highest BCUT2D eigenvalue weighted by molar-refractivity contribution is 7.18. The van der Waals surface area contributed by atoms with E-state index in [0.717, 1.165) is 84.4 Å². The third kappa shape index (κ3) is 7.67. The van der Waals surface area contributed by atoms with Crippen molar-refractivity contribution in [3.8, 4) is 16.3 Å². The Labute approximate surface area is 208 Å². The van der Waals surface area contributed by atoms with Crippen LogP contribution < -0.4 is 10.1 Å². The smallest absolute Gasteiger partial charge is 0.309 e. The van der Waals surface area contributed by atoms with Crippen molar-refractivity contribution in [2.45, 2.75) is 72.8 Å². The molecule has 0 atom stereocenters. The summed E-state index contributed by atoms with van der Waals surface area (Å²) in [6.45, 7) is 16.3. The molecule has 0 radical (unpaired) electrons. The first-order valence-corrected chi connectivity index (χ1v) is 13.2. The number of nitrogens with one attached hydrogen (secondary N) is 1. The van der Waals surface area contributed by atoms with Crippen molar-refractivity contribution in [2.75, 3.05) is 38.1 Å². The average Bonchev–Trinajstić information content (AvgIpc) is 3.24. The highest BCUT2D eigenvalue weighted by atomic mass is 32.1. The third-order valence-corrected chi connectivity index (χ3v) is 6.85. The molecule has 2 aromatic rings. The Kier molecular flexibility index (Phi) is 9.31. The Morgan fingerprint density at radius 3 is 2.47 bits per heavy atom. The lowest BCUT2D eigenvalue weighted by atomic mass is 9.96. The number of rotatable bonds is 10. The number of aryl methyl sites for hydroxylation is 2. The van der Waals surface area contributed by atoms with Gasteiger partial charge in [-0.3, -0.25) is 9.69 Å². The van der Waals surface area contributed by atoms with E-state index in [9.17, 15) is 4.79 Å². The van der Waals surface area contributed by atoms with Crippen LogP contribution in [0.25, 0.3) is 10.6 Å². The molecule has 1 fully saturated rings. The van der Waals surface area contributed by atoms with E-state index in [1.165, 1.54) is 0 Å². The van der Waals surface area contributed by atoms with Gasteiger partial charge in [-0.15, -0.1) is 10.2 Å². The number of anilines is 1. The SMILES string of the molecule is CCCCNc1nnc(-c2cc(C)c(OCCN3CCC(C(=O)OC(C)(C)C)CC3)c(C)c2)s1. The minimum absolute atomic E-state index is 0.0103. The van der Waals surface area contributed by atoms with E-state index in [1.807, 2.05) is 20.8 Å². The minimum atomic E-state index is -0.419. The van der Waals surface area contributed by atoms with Crippen LogP contribution in [0, 0.1) is 19.8 Å². The van der Waals surface area contributed by atoms with Gasteiger partial charge in [0, 0.05) is 18.7 Å². The van der Waals surface area contributed by atoms with E-state index in [4.69, 9.17) is 9.47 Å². The number of carbonyl (C=O) groups excluding carboxylic acids is 1. The molecule has 8 heteroatoms. The first-order chi connectivity index (χ1) is 16.2. The molecule has 2 heterocycles. The molecule has 1 saturated heterocycles. The quantitative estimate of drug-likeness (QED) is 0.351. The molecule has 0 aliphatic carbocycles. The fraction of sp³-hybridized carbons (Fsp3) is 0.654. The first kappa shape index (κ1) is 26.4. The fourth-order valence-corrected chi connectivity index (χ4v) is 4.90. The molecule has 0 spiro atoms. The zero-order valence-electron chi connectivity index (χ0n) is 21.6. The molecule has 3 rings (SSSR count). The Morgan fingerprint density at radius 2 is 1.85 bits per heavy atom. The summed E-state index contributed by atoms with van der Waals surface area (Å²) < 4.78 is 11.7. The molecule has 188 valence electrons. The number of esters is 1. The van der Waals surface area contributed by atoms with E-state index in [1.54, 1.807) is 11.3 Å². The number of ether oxygens (including phenoxy) is 2. The predicted octanol–water partition coefficient (Wildman–Crippen LogP) is 5.47. The summed E-state index contributed by atoms with van der Waals surface area (Å²) >= 11 is 1.59. The molecule has 1 aliphatic rings. The molecule has 7 nitrogen and oxygen atoms in total. The number of piperidine rings is 1. The van der Waals surface area contributed by atoms with Gasteiger partial charge in [-0.2, -0.15) is 0 Å². The molecule has 0 saturated carbocycles. The average molecular weight is 489 g/mol. The first-order valence-electron chi connectivity index (χ1n) is 12.4. The van der Waals surface area contributed by atoms with Gasteiger partial charge in [0.1, 0.15) is 23.0 Å². The van der Waals surface area contributed by atoms with Crippen LogP contribution in [0.1, 0.15) is 64.5 Å². The molecular formula is C26H40N4O3S. The van der Waals surface area contributed by atoms with Gasteiger partial charge in [0.05, 0.1) is 5.92 Å². The normalized spacial score (nSPS) is 15.4. The van der Waals surface area contributed by atoms with Gasteiger partial charge in [0.25, 0.3) is 0 Å². The van der Waals surface area contributed by atoms with Crippen LogP contribution in [0.5, 0.6) is 5.75 Å². The van der Waals surface area contributed by atoms with E-state index < -0.39 is 5.60 Å². The Bertz CT molecular complexity index is 923. The zero-order chi connectivity index (χ0) is 24.7. The second-order valence-electron chi connectivity index (χ2n) is 10.1. The lowest BCUT2D eigenvalue weighted by Crippen LogP contribution is -2.40. The standard InChI is InChI=1S/C26H40N4O3S/c1-7-8-11-27-25-29-28-23(34-25)21-16-18(2)22(19(3)17-21)32-15-14-30-12-9-20(10-13-30)24(31)33-26(4,5)6/h16-17,20H,7-15H2,1-6H3,(H,27,29). The Morgan fingerprint density at radius 1 is 1.18 bits per heavy atom. The van der Waals surface area contributed by atoms with Crippen molar-refractivity contribution < 1.29 is 14.3 Å². The number of aromatic nitrogens is 2. The van der Waals surface area contributed by atoms with Crippen LogP contribution in [0.4, 0.5) is 5.13 Å². The van der Waals surface area contributed by atoms with Crippen molar-refractivity contribution >= 4 is 22.4 Å². The van der Waals surface area contributed by atoms with Gasteiger partial charge < -0.3 is 14.8 Å². The van der Waals surface area contributed by atoms with Crippen molar-refractivity contribution in [1.29, 1.82) is 0 Å². The molecular weight excluding hydrogens is 448 g/mol. The lowest BCUT2D eigenvalue weighted by molar-refractivity contribution is -0.161. The number of hydrogen-bond acceptors (Lipinski definition) is 8. The second-order valence-corrected chi connectivity index (χ2v) is 11.1. The van der Waals surface area contributed by atoms with Crippen molar-refractivity contribution in [3.63, 3.8) is 0 Å². The van der Waals surface area contributed by atoms with Crippen LogP contribution >= 0.6 is 11.3 Å². The highest BCUT2D eigenvalue weighted by Crippen LogP contribution is 2.33. The lowest BCUT2D eigenvalue weighted by Gasteiger charge is -2.32. The largest absolute Gasteiger partial charge is 0.492 e. The van der Waals surface area contributed by atoms with Gasteiger partial charge in [0.15, 0.2) is 0 Å². The van der Waals surface area contributed by atoms with Crippen LogP contribution in [-0.4, -0.2) is 59.5 Å². The summed E-state index contributed by atoms with van der Waals surface area (Å²) in [4.78, 5) is 14.7. The topological polar surface area (TPSA) is 76.6 Å². The number of unbranched alkanes of at least 4 members (excludes halogenated alkanes) is 1. The zero-order valence-corrected chi connectivity index (χ0v) is 22.4. The van der Waals surface area contributed by atoms with Gasteiger partial charge in [0.2, 0.25) is 5.13 Å². The van der Waals surface area contributed by atoms with E-state index in [-0.39, 0.29) is 11.9 Å². The molecule has 34 heavy (non-hydrogen) atoms. The third-order valence-electron chi connectivity index (χ3n) is 5.92. The van der Waals surface area contributed by atoms with E-state index >= 15 is 0 Å².